The van der Waals surface area contributed by atoms with Gasteiger partial charge in [0.25, 0.3) is 0 Å². The zero-order valence-electron chi connectivity index (χ0n) is 13.3. The maximum absolute atomic E-state index is 14.0. The summed E-state index contributed by atoms with van der Waals surface area (Å²) in [6.07, 6.45) is 3.46. The molecule has 0 amide bonds. The molecule has 1 aromatic carbocycles. The number of benzene rings is 1. The molecule has 24 heavy (non-hydrogen) atoms. The highest BCUT2D eigenvalue weighted by Gasteiger charge is 2.25. The Hall–Kier alpha value is -1.48. The predicted octanol–water partition coefficient (Wildman–Crippen LogP) is 2.93. The predicted molar refractivity (Wildman–Crippen MR) is 98.1 cm³/mol. The summed E-state index contributed by atoms with van der Waals surface area (Å²) in [5, 5.41) is 9.58. The van der Waals surface area contributed by atoms with Gasteiger partial charge in [0.15, 0.2) is 0 Å². The molecule has 1 saturated heterocycles. The molecule has 0 bridgehead atoms. The first-order chi connectivity index (χ1) is 11.4. The Labute approximate surface area is 152 Å². The van der Waals surface area contributed by atoms with Gasteiger partial charge in [-0.25, -0.2) is 9.18 Å². The van der Waals surface area contributed by atoms with Crippen LogP contribution in [0.4, 0.5) is 4.39 Å². The van der Waals surface area contributed by atoms with Crippen LogP contribution in [0, 0.1) is 9.39 Å². The molecule has 3 rings (SSSR count). The summed E-state index contributed by atoms with van der Waals surface area (Å²) in [4.78, 5) is 26.2. The van der Waals surface area contributed by atoms with Gasteiger partial charge in [0.2, 0.25) is 5.43 Å². The van der Waals surface area contributed by atoms with Crippen molar-refractivity contribution in [3.05, 3.63) is 43.5 Å². The minimum absolute atomic E-state index is 0.252. The van der Waals surface area contributed by atoms with Crippen LogP contribution < -0.4 is 5.43 Å². The molecular formula is C17H18FIN2O3. The largest absolute Gasteiger partial charge is 0.477 e. The van der Waals surface area contributed by atoms with Gasteiger partial charge in [-0.15, -0.1) is 0 Å². The van der Waals surface area contributed by atoms with E-state index in [4.69, 9.17) is 0 Å². The maximum atomic E-state index is 14.0. The Balaban J connectivity index is 2.18. The van der Waals surface area contributed by atoms with Gasteiger partial charge in [0, 0.05) is 27.7 Å². The van der Waals surface area contributed by atoms with Crippen molar-refractivity contribution in [1.29, 1.82) is 0 Å². The van der Waals surface area contributed by atoms with E-state index in [0.29, 0.717) is 15.6 Å². The molecule has 1 unspecified atom stereocenters. The van der Waals surface area contributed by atoms with Gasteiger partial charge in [-0.2, -0.15) is 0 Å². The van der Waals surface area contributed by atoms with Gasteiger partial charge in [0.05, 0.1) is 5.52 Å². The summed E-state index contributed by atoms with van der Waals surface area (Å²) in [6.45, 7) is 4.57. The average molecular weight is 444 g/mol. The summed E-state index contributed by atoms with van der Waals surface area (Å²) in [7, 11) is 0. The molecule has 0 saturated carbocycles. The first kappa shape index (κ1) is 17.3. The Morgan fingerprint density at radius 3 is 2.88 bits per heavy atom. The fourth-order valence-corrected chi connectivity index (χ4v) is 3.90. The van der Waals surface area contributed by atoms with E-state index in [0.717, 1.165) is 25.9 Å². The molecule has 0 spiro atoms. The second-order valence-corrected chi connectivity index (χ2v) is 7.20. The second kappa shape index (κ2) is 6.79. The summed E-state index contributed by atoms with van der Waals surface area (Å²) in [5.74, 6) is -1.66. The number of pyridine rings is 1. The molecule has 1 N–H and O–H groups in total. The van der Waals surface area contributed by atoms with Gasteiger partial charge in [-0.05, 0) is 60.7 Å². The normalized spacial score (nSPS) is 18.4. The quantitative estimate of drug-likeness (QED) is 0.737. The number of carboxylic acid groups (broad SMARTS) is 1. The topological polar surface area (TPSA) is 62.5 Å². The molecule has 7 heteroatoms. The minimum atomic E-state index is -1.26. The number of halogens is 2. The molecule has 2 aromatic rings. The van der Waals surface area contributed by atoms with Crippen molar-refractivity contribution in [2.75, 3.05) is 13.1 Å². The first-order valence-electron chi connectivity index (χ1n) is 7.92. The van der Waals surface area contributed by atoms with E-state index in [9.17, 15) is 19.1 Å². The van der Waals surface area contributed by atoms with Crippen molar-refractivity contribution in [2.24, 2.45) is 0 Å². The monoisotopic (exact) mass is 444 g/mol. The molecule has 5 nitrogen and oxygen atoms in total. The van der Waals surface area contributed by atoms with Gasteiger partial charge < -0.3 is 9.67 Å². The number of aromatic carboxylic acids is 1. The highest BCUT2D eigenvalue weighted by Crippen LogP contribution is 2.23. The third kappa shape index (κ3) is 3.06. The summed E-state index contributed by atoms with van der Waals surface area (Å²) < 4.78 is 16.1. The molecule has 1 atom stereocenters. The van der Waals surface area contributed by atoms with Gasteiger partial charge in [-0.3, -0.25) is 9.69 Å². The Kier molecular flexibility index (Phi) is 4.91. The molecule has 1 aliphatic rings. The highest BCUT2D eigenvalue weighted by molar-refractivity contribution is 14.1. The first-order valence-corrected chi connectivity index (χ1v) is 8.99. The van der Waals surface area contributed by atoms with Crippen LogP contribution in [-0.2, 0) is 6.54 Å². The van der Waals surface area contributed by atoms with Crippen molar-refractivity contribution in [1.82, 2.24) is 9.47 Å². The Morgan fingerprint density at radius 2 is 2.21 bits per heavy atom. The van der Waals surface area contributed by atoms with Crippen LogP contribution in [0.3, 0.4) is 0 Å². The van der Waals surface area contributed by atoms with E-state index < -0.39 is 17.2 Å². The zero-order valence-corrected chi connectivity index (χ0v) is 15.4. The number of hydrogen-bond acceptors (Lipinski definition) is 3. The number of rotatable bonds is 4. The number of carboxylic acids is 1. The second-order valence-electron chi connectivity index (χ2n) is 6.04. The third-order valence-corrected chi connectivity index (χ3v) is 5.49. The van der Waals surface area contributed by atoms with E-state index in [1.54, 1.807) is 4.57 Å². The van der Waals surface area contributed by atoms with Crippen molar-refractivity contribution in [3.63, 3.8) is 0 Å². The van der Waals surface area contributed by atoms with Gasteiger partial charge >= 0.3 is 5.97 Å². The SMILES string of the molecule is CCN1CCCC1Cn1cc(C(=O)O)c(=O)c2cc(I)c(F)cc21. The lowest BCUT2D eigenvalue weighted by Gasteiger charge is -2.25. The van der Waals surface area contributed by atoms with Gasteiger partial charge in [-0.1, -0.05) is 6.92 Å². The van der Waals surface area contributed by atoms with Crippen LogP contribution in [0.1, 0.15) is 30.1 Å². The van der Waals surface area contributed by atoms with Crippen molar-refractivity contribution < 1.29 is 14.3 Å². The fraction of sp³-hybridized carbons (Fsp3) is 0.412. The summed E-state index contributed by atoms with van der Waals surface area (Å²) in [5.41, 5.74) is -0.387. The molecule has 2 heterocycles. The van der Waals surface area contributed by atoms with Gasteiger partial charge in [0.1, 0.15) is 11.4 Å². The maximum Gasteiger partial charge on any atom is 0.341 e. The molecule has 0 aliphatic carbocycles. The number of likely N-dealkylation sites (N-methyl/N-ethyl adjacent to an activating group) is 1. The molecule has 1 aromatic heterocycles. The lowest BCUT2D eigenvalue weighted by Crippen LogP contribution is -2.33. The van der Waals surface area contributed by atoms with Crippen molar-refractivity contribution in [3.8, 4) is 0 Å². The van der Waals surface area contributed by atoms with E-state index in [-0.39, 0.29) is 17.0 Å². The number of aromatic nitrogens is 1. The van der Waals surface area contributed by atoms with Crippen LogP contribution in [-0.4, -0.2) is 39.7 Å². The number of hydrogen-bond donors (Lipinski definition) is 1. The smallest absolute Gasteiger partial charge is 0.341 e. The Bertz CT molecular complexity index is 865. The van der Waals surface area contributed by atoms with E-state index >= 15 is 0 Å². The molecule has 0 radical (unpaired) electrons. The highest BCUT2D eigenvalue weighted by atomic mass is 127. The average Bonchev–Trinajstić information content (AvgIpc) is 2.98. The number of nitrogens with zero attached hydrogens (tertiary/aromatic N) is 2. The molecule has 1 fully saturated rings. The number of carbonyl (C=O) groups is 1. The lowest BCUT2D eigenvalue weighted by molar-refractivity contribution is 0.0694. The molecule has 1 aliphatic heterocycles. The standard InChI is InChI=1S/C17H18FIN2O3/c1-2-20-5-3-4-10(20)8-21-9-12(17(23)24)16(22)11-6-14(19)13(18)7-15(11)21/h6-7,9-10H,2-5,8H2,1H3,(H,23,24). The van der Waals surface area contributed by atoms with E-state index in [2.05, 4.69) is 11.8 Å². The Morgan fingerprint density at radius 1 is 1.46 bits per heavy atom. The molecular weight excluding hydrogens is 426 g/mol. The van der Waals surface area contributed by atoms with Crippen LogP contribution >= 0.6 is 22.6 Å². The summed E-state index contributed by atoms with van der Waals surface area (Å²) >= 11 is 1.81. The number of likely N-dealkylation sites (tertiary alicyclic amines) is 1. The lowest BCUT2D eigenvalue weighted by atomic mass is 10.1. The third-order valence-electron chi connectivity index (χ3n) is 4.67. The van der Waals surface area contributed by atoms with Crippen LogP contribution in [0.5, 0.6) is 0 Å². The summed E-state index contributed by atoms with van der Waals surface area (Å²) in [6, 6.07) is 3.03. The zero-order chi connectivity index (χ0) is 17.4. The van der Waals surface area contributed by atoms with E-state index in [1.807, 2.05) is 22.6 Å². The van der Waals surface area contributed by atoms with Crippen LogP contribution in [0.25, 0.3) is 10.9 Å². The minimum Gasteiger partial charge on any atom is -0.477 e. The van der Waals surface area contributed by atoms with Crippen molar-refractivity contribution >= 4 is 39.5 Å². The fourth-order valence-electron chi connectivity index (χ4n) is 3.43. The van der Waals surface area contributed by atoms with Crippen LogP contribution in [0.2, 0.25) is 0 Å². The van der Waals surface area contributed by atoms with E-state index in [1.165, 1.54) is 18.3 Å². The number of fused-ring (bicyclic) bond motifs is 1. The molecule has 128 valence electrons. The van der Waals surface area contributed by atoms with Crippen LogP contribution in [0.15, 0.2) is 23.1 Å². The van der Waals surface area contributed by atoms with Crippen molar-refractivity contribution in [2.45, 2.75) is 32.4 Å².